The first-order valence-corrected chi connectivity index (χ1v) is 10.6. The third-order valence-corrected chi connectivity index (χ3v) is 6.13. The lowest BCUT2D eigenvalue weighted by Crippen LogP contribution is -2.08. The van der Waals surface area contributed by atoms with E-state index in [0.29, 0.717) is 5.65 Å². The number of rotatable bonds is 3. The molecule has 32 heavy (non-hydrogen) atoms. The molecule has 4 aromatic heterocycles. The van der Waals surface area contributed by atoms with Crippen LogP contribution in [-0.2, 0) is 0 Å². The predicted molar refractivity (Wildman–Crippen MR) is 126 cm³/mol. The van der Waals surface area contributed by atoms with E-state index in [1.807, 2.05) is 43.0 Å². The number of pyridine rings is 2. The van der Waals surface area contributed by atoms with Crippen molar-refractivity contribution in [3.8, 4) is 11.3 Å². The summed E-state index contributed by atoms with van der Waals surface area (Å²) in [5.74, 6) is 0. The van der Waals surface area contributed by atoms with Crippen molar-refractivity contribution >= 4 is 33.1 Å². The fourth-order valence-electron chi connectivity index (χ4n) is 4.36. The van der Waals surface area contributed by atoms with Crippen molar-refractivity contribution in [2.24, 2.45) is 0 Å². The lowest BCUT2D eigenvalue weighted by molar-refractivity contribution is 0.649. The molecule has 0 spiro atoms. The van der Waals surface area contributed by atoms with Crippen LogP contribution in [0.4, 0.5) is 0 Å². The molecule has 0 saturated heterocycles. The minimum Gasteiger partial charge on any atom is -0.307 e. The van der Waals surface area contributed by atoms with Crippen molar-refractivity contribution in [1.82, 2.24) is 29.5 Å². The summed E-state index contributed by atoms with van der Waals surface area (Å²) in [5, 5.41) is 2.24. The van der Waals surface area contributed by atoms with Crippen molar-refractivity contribution in [2.45, 2.75) is 19.9 Å². The zero-order chi connectivity index (χ0) is 21.7. The lowest BCUT2D eigenvalue weighted by Gasteiger charge is -2.18. The molecule has 0 aliphatic heterocycles. The van der Waals surface area contributed by atoms with Gasteiger partial charge in [-0.3, -0.25) is 9.97 Å². The normalized spacial score (nSPS) is 12.6. The molecule has 0 fully saturated rings. The van der Waals surface area contributed by atoms with Gasteiger partial charge in [0.1, 0.15) is 0 Å². The summed E-state index contributed by atoms with van der Waals surface area (Å²) in [7, 11) is 0. The van der Waals surface area contributed by atoms with Gasteiger partial charge in [-0.15, -0.1) is 0 Å². The molecular formula is C26H20N6. The highest BCUT2D eigenvalue weighted by Gasteiger charge is 2.17. The zero-order valence-electron chi connectivity index (χ0n) is 17.8. The molecule has 0 amide bonds. The van der Waals surface area contributed by atoms with Gasteiger partial charge in [-0.1, -0.05) is 30.3 Å². The Morgan fingerprint density at radius 1 is 0.844 bits per heavy atom. The second kappa shape index (κ2) is 7.20. The molecule has 154 valence electrons. The lowest BCUT2D eigenvalue weighted by atomic mass is 9.98. The predicted octanol–water partition coefficient (Wildman–Crippen LogP) is 5.51. The average Bonchev–Trinajstić information content (AvgIpc) is 3.27. The highest BCUT2D eigenvalue weighted by molar-refractivity contribution is 5.84. The standard InChI is InChI=1S/C26H20N6/c1-16-20(9-10-23-21(16)7-5-11-27-23)17(2)32-15-30-25-26(32)31-24(14-29-25)19-12-18-6-3-4-8-22(18)28-13-19/h3-15,17H,1-2H3. The Hall–Kier alpha value is -4.19. The van der Waals surface area contributed by atoms with Crippen molar-refractivity contribution in [3.63, 3.8) is 0 Å². The fraction of sp³-hybridized carbons (Fsp3) is 0.115. The summed E-state index contributed by atoms with van der Waals surface area (Å²) in [6.45, 7) is 4.31. The quantitative estimate of drug-likeness (QED) is 0.381. The number of hydrogen-bond donors (Lipinski definition) is 0. The maximum Gasteiger partial charge on any atom is 0.197 e. The monoisotopic (exact) mass is 416 g/mol. The first kappa shape index (κ1) is 18.6. The number of fused-ring (bicyclic) bond motifs is 3. The molecular weight excluding hydrogens is 396 g/mol. The maximum absolute atomic E-state index is 4.94. The molecule has 0 aliphatic carbocycles. The Bertz CT molecular complexity index is 1620. The SMILES string of the molecule is Cc1c(C(C)n2cnc3ncc(-c4cnc5ccccc5c4)nc32)ccc2ncccc12. The van der Waals surface area contributed by atoms with Crippen molar-refractivity contribution in [1.29, 1.82) is 0 Å². The second-order valence-electron chi connectivity index (χ2n) is 8.00. The van der Waals surface area contributed by atoms with E-state index < -0.39 is 0 Å². The Morgan fingerprint density at radius 2 is 1.75 bits per heavy atom. The van der Waals surface area contributed by atoms with Crippen LogP contribution in [0.2, 0.25) is 0 Å². The highest BCUT2D eigenvalue weighted by Crippen LogP contribution is 2.29. The van der Waals surface area contributed by atoms with Crippen LogP contribution in [0.15, 0.2) is 79.5 Å². The molecule has 0 saturated carbocycles. The molecule has 1 unspecified atom stereocenters. The molecule has 0 aliphatic rings. The van der Waals surface area contributed by atoms with Crippen molar-refractivity contribution < 1.29 is 0 Å². The van der Waals surface area contributed by atoms with Gasteiger partial charge in [-0.2, -0.15) is 0 Å². The van der Waals surface area contributed by atoms with E-state index in [4.69, 9.17) is 4.98 Å². The maximum atomic E-state index is 4.94. The number of aromatic nitrogens is 6. The summed E-state index contributed by atoms with van der Waals surface area (Å²) in [6.07, 6.45) is 7.27. The molecule has 4 heterocycles. The molecule has 6 nitrogen and oxygen atoms in total. The zero-order valence-corrected chi connectivity index (χ0v) is 17.8. The van der Waals surface area contributed by atoms with Crippen LogP contribution in [0.1, 0.15) is 24.1 Å². The van der Waals surface area contributed by atoms with E-state index in [0.717, 1.165) is 38.7 Å². The molecule has 2 aromatic carbocycles. The van der Waals surface area contributed by atoms with Gasteiger partial charge >= 0.3 is 0 Å². The van der Waals surface area contributed by atoms with E-state index in [9.17, 15) is 0 Å². The summed E-state index contributed by atoms with van der Waals surface area (Å²) in [5.41, 5.74) is 7.50. The summed E-state index contributed by atoms with van der Waals surface area (Å²) in [6, 6.07) is 18.5. The van der Waals surface area contributed by atoms with Crippen molar-refractivity contribution in [3.05, 3.63) is 90.6 Å². The van der Waals surface area contributed by atoms with Crippen LogP contribution in [0, 0.1) is 6.92 Å². The van der Waals surface area contributed by atoms with Gasteiger partial charge in [0.15, 0.2) is 11.3 Å². The van der Waals surface area contributed by atoms with E-state index >= 15 is 0 Å². The minimum absolute atomic E-state index is 0.0453. The molecule has 6 aromatic rings. The largest absolute Gasteiger partial charge is 0.307 e. The van der Waals surface area contributed by atoms with E-state index in [1.54, 1.807) is 6.20 Å². The molecule has 6 heteroatoms. The van der Waals surface area contributed by atoms with E-state index in [1.165, 1.54) is 11.1 Å². The number of benzene rings is 2. The van der Waals surface area contributed by atoms with E-state index in [-0.39, 0.29) is 6.04 Å². The number of hydrogen-bond acceptors (Lipinski definition) is 5. The van der Waals surface area contributed by atoms with Crippen LogP contribution < -0.4 is 0 Å². The Balaban J connectivity index is 1.46. The first-order valence-electron chi connectivity index (χ1n) is 10.6. The fourth-order valence-corrected chi connectivity index (χ4v) is 4.36. The minimum atomic E-state index is 0.0453. The number of nitrogens with zero attached hydrogens (tertiary/aromatic N) is 6. The number of aryl methyl sites for hydroxylation is 1. The van der Waals surface area contributed by atoms with Gasteiger partial charge in [0.2, 0.25) is 0 Å². The Labute approximate surface area is 184 Å². The summed E-state index contributed by atoms with van der Waals surface area (Å²) < 4.78 is 2.09. The number of imidazole rings is 1. The molecule has 1 atom stereocenters. The van der Waals surface area contributed by atoms with Crippen LogP contribution in [0.5, 0.6) is 0 Å². The van der Waals surface area contributed by atoms with Crippen LogP contribution in [0.3, 0.4) is 0 Å². The molecule has 0 bridgehead atoms. The van der Waals surface area contributed by atoms with Crippen LogP contribution in [0.25, 0.3) is 44.4 Å². The third kappa shape index (κ3) is 2.92. The Kier molecular flexibility index (Phi) is 4.18. The van der Waals surface area contributed by atoms with Gasteiger partial charge in [-0.25, -0.2) is 15.0 Å². The smallest absolute Gasteiger partial charge is 0.197 e. The number of para-hydroxylation sites is 1. The van der Waals surface area contributed by atoms with Crippen LogP contribution >= 0.6 is 0 Å². The molecule has 0 N–H and O–H groups in total. The molecule has 0 radical (unpaired) electrons. The van der Waals surface area contributed by atoms with Crippen molar-refractivity contribution in [2.75, 3.05) is 0 Å². The van der Waals surface area contributed by atoms with Gasteiger partial charge in [0, 0.05) is 28.7 Å². The van der Waals surface area contributed by atoms with E-state index in [2.05, 4.69) is 68.7 Å². The van der Waals surface area contributed by atoms with Gasteiger partial charge < -0.3 is 4.57 Å². The van der Waals surface area contributed by atoms with Gasteiger partial charge in [-0.05, 0) is 49.2 Å². The highest BCUT2D eigenvalue weighted by atomic mass is 15.1. The topological polar surface area (TPSA) is 69.4 Å². The Morgan fingerprint density at radius 3 is 2.69 bits per heavy atom. The molecule has 6 rings (SSSR count). The average molecular weight is 416 g/mol. The third-order valence-electron chi connectivity index (χ3n) is 6.13. The second-order valence-corrected chi connectivity index (χ2v) is 8.00. The van der Waals surface area contributed by atoms with Gasteiger partial charge in [0.05, 0.1) is 35.3 Å². The van der Waals surface area contributed by atoms with Gasteiger partial charge in [0.25, 0.3) is 0 Å². The van der Waals surface area contributed by atoms with Crippen LogP contribution in [-0.4, -0.2) is 29.5 Å². The summed E-state index contributed by atoms with van der Waals surface area (Å²) >= 11 is 0. The first-order chi connectivity index (χ1) is 15.7. The summed E-state index contributed by atoms with van der Waals surface area (Å²) in [4.78, 5) is 23.1.